The van der Waals surface area contributed by atoms with Crippen LogP contribution in [-0.2, 0) is 38.7 Å². The molecular formula is C20H34CaO9S. The van der Waals surface area contributed by atoms with Gasteiger partial charge in [0.25, 0.3) is 10.1 Å². The maximum absolute atomic E-state index is 12.9. The summed E-state index contributed by atoms with van der Waals surface area (Å²) in [6.07, 6.45) is 1.84. The minimum atomic E-state index is -4.09. The predicted octanol–water partition coefficient (Wildman–Crippen LogP) is 2.46. The van der Waals surface area contributed by atoms with Gasteiger partial charge >= 0.3 is 55.6 Å². The van der Waals surface area contributed by atoms with Crippen molar-refractivity contribution in [2.75, 3.05) is 25.6 Å². The van der Waals surface area contributed by atoms with E-state index in [1.165, 1.54) is 13.8 Å². The van der Waals surface area contributed by atoms with Crippen LogP contribution in [0.5, 0.6) is 0 Å². The topological polar surface area (TPSA) is 133 Å². The van der Waals surface area contributed by atoms with E-state index in [0.29, 0.717) is 6.42 Å². The summed E-state index contributed by atoms with van der Waals surface area (Å²) in [6.45, 7) is 11.0. The van der Waals surface area contributed by atoms with E-state index in [4.69, 9.17) is 18.8 Å². The maximum Gasteiger partial charge on any atom is 2.00 e. The van der Waals surface area contributed by atoms with E-state index in [1.807, 2.05) is 6.92 Å². The number of ether oxygens (including phenoxy) is 3. The molecular weight excluding hydrogens is 456 g/mol. The van der Waals surface area contributed by atoms with Crippen molar-refractivity contribution < 1.29 is 44.4 Å². The Labute approximate surface area is 217 Å². The van der Waals surface area contributed by atoms with E-state index >= 15 is 0 Å². The molecule has 176 valence electrons. The number of hydrogen-bond acceptors (Lipinski definition) is 8. The van der Waals surface area contributed by atoms with Crippen LogP contribution in [-0.4, -0.2) is 94.2 Å². The summed E-state index contributed by atoms with van der Waals surface area (Å²) in [6, 6.07) is 0. The van der Waals surface area contributed by atoms with Crippen LogP contribution < -0.4 is 0 Å². The average Bonchev–Trinajstić information content (AvgIpc) is 2.65. The minimum absolute atomic E-state index is 0. The summed E-state index contributed by atoms with van der Waals surface area (Å²) in [5.74, 6) is -2.56. The van der Waals surface area contributed by atoms with Crippen LogP contribution in [0.25, 0.3) is 0 Å². The normalized spacial score (nSPS) is 11.1. The van der Waals surface area contributed by atoms with E-state index in [1.54, 1.807) is 0 Å². The number of unbranched alkanes of at least 4 members (excludes halogenated alkanes) is 2. The van der Waals surface area contributed by atoms with Gasteiger partial charge in [-0.3, -0.25) is 9.35 Å². The molecule has 0 unspecified atom stereocenters. The first-order valence-electron chi connectivity index (χ1n) is 9.62. The van der Waals surface area contributed by atoms with Crippen molar-refractivity contribution in [2.45, 2.75) is 52.9 Å². The molecule has 0 rings (SSSR count). The summed E-state index contributed by atoms with van der Waals surface area (Å²) < 4.78 is 45.9. The molecule has 11 heteroatoms. The molecule has 0 amide bonds. The zero-order valence-corrected chi connectivity index (χ0v) is 21.6. The Kier molecular flexibility index (Phi) is 16.4. The van der Waals surface area contributed by atoms with E-state index < -0.39 is 39.2 Å². The van der Waals surface area contributed by atoms with Crippen LogP contribution in [0.15, 0.2) is 24.3 Å². The number of carbonyl (C=O) groups excluding carboxylic acids is 3. The van der Waals surface area contributed by atoms with Crippen LogP contribution in [0.2, 0.25) is 0 Å². The second-order valence-electron chi connectivity index (χ2n) is 7.23. The van der Waals surface area contributed by atoms with Crippen molar-refractivity contribution in [1.29, 1.82) is 0 Å². The fourth-order valence-electron chi connectivity index (χ4n) is 2.28. The van der Waals surface area contributed by atoms with Crippen LogP contribution in [0.4, 0.5) is 0 Å². The second-order valence-corrected chi connectivity index (χ2v) is 8.80. The number of rotatable bonds is 15. The first kappa shape index (κ1) is 32.2. The summed E-state index contributed by atoms with van der Waals surface area (Å²) in [5, 5.41) is 0. The standard InChI is InChI=1S/C20H32O9S.Ca.2H/c1-6-7-10-20(13-28-17(21)15(2)3,14-29-18(22)16(4)5)19(23)27-11-8-9-12-30(24,25)26;;;/h2,4,6-14H2,1,3,5H3,(H,24,25,26);;;/q;+2;2*-1. The largest absolute Gasteiger partial charge is 2.00 e. The first-order chi connectivity index (χ1) is 13.8. The predicted molar refractivity (Wildman–Crippen MR) is 118 cm³/mol. The molecule has 0 aromatic rings. The molecule has 0 fully saturated rings. The van der Waals surface area contributed by atoms with Gasteiger partial charge in [-0.1, -0.05) is 32.9 Å². The van der Waals surface area contributed by atoms with Gasteiger partial charge in [0.1, 0.15) is 18.6 Å². The third kappa shape index (κ3) is 13.9. The molecule has 0 heterocycles. The van der Waals surface area contributed by atoms with Crippen molar-refractivity contribution in [3.05, 3.63) is 24.3 Å². The summed E-state index contributed by atoms with van der Waals surface area (Å²) in [7, 11) is -4.09. The van der Waals surface area contributed by atoms with Gasteiger partial charge in [-0.2, -0.15) is 8.42 Å². The maximum atomic E-state index is 12.9. The summed E-state index contributed by atoms with van der Waals surface area (Å²) in [5.41, 5.74) is -1.12. The van der Waals surface area contributed by atoms with E-state index in [0.717, 1.165) is 6.42 Å². The van der Waals surface area contributed by atoms with Crippen LogP contribution in [0.3, 0.4) is 0 Å². The zero-order chi connectivity index (χ0) is 23.4. The van der Waals surface area contributed by atoms with E-state index in [9.17, 15) is 22.8 Å². The van der Waals surface area contributed by atoms with Gasteiger partial charge in [0.2, 0.25) is 0 Å². The average molecular weight is 491 g/mol. The third-order valence-electron chi connectivity index (χ3n) is 4.13. The van der Waals surface area contributed by atoms with Crippen LogP contribution >= 0.6 is 0 Å². The molecule has 31 heavy (non-hydrogen) atoms. The molecule has 0 bridgehead atoms. The Balaban J connectivity index is -0.00000140. The van der Waals surface area contributed by atoms with Gasteiger partial charge in [0.05, 0.1) is 12.4 Å². The van der Waals surface area contributed by atoms with Crippen molar-refractivity contribution in [3.63, 3.8) is 0 Å². The molecule has 0 aromatic carbocycles. The van der Waals surface area contributed by atoms with Crippen molar-refractivity contribution in [3.8, 4) is 0 Å². The number of esters is 3. The van der Waals surface area contributed by atoms with Crippen LogP contribution in [0.1, 0.15) is 55.7 Å². The Morgan fingerprint density at radius 2 is 1.42 bits per heavy atom. The number of carbonyl (C=O) groups is 3. The fraction of sp³-hybridized carbons (Fsp3) is 0.650. The molecule has 0 aliphatic rings. The molecule has 0 aliphatic carbocycles. The second kappa shape index (κ2) is 15.8. The molecule has 1 N–H and O–H groups in total. The summed E-state index contributed by atoms with van der Waals surface area (Å²) >= 11 is 0. The van der Waals surface area contributed by atoms with Crippen LogP contribution in [0, 0.1) is 5.41 Å². The molecule has 0 radical (unpaired) electrons. The molecule has 0 saturated heterocycles. The van der Waals surface area contributed by atoms with Crippen molar-refractivity contribution in [2.24, 2.45) is 5.41 Å². The zero-order valence-electron chi connectivity index (χ0n) is 20.6. The van der Waals surface area contributed by atoms with Crippen molar-refractivity contribution >= 4 is 65.8 Å². The fourth-order valence-corrected chi connectivity index (χ4v) is 2.85. The Morgan fingerprint density at radius 1 is 0.935 bits per heavy atom. The smallest absolute Gasteiger partial charge is 1.00 e. The molecule has 0 saturated carbocycles. The molecule has 9 nitrogen and oxygen atoms in total. The van der Waals surface area contributed by atoms with E-state index in [-0.39, 0.29) is 90.8 Å². The SMILES string of the molecule is C=C(C)C(=O)OCC(CCCC)(COC(=O)C(=C)C)C(=O)OCCCCS(=O)(=O)O.[Ca+2].[H-].[H-]. The van der Waals surface area contributed by atoms with Gasteiger partial charge in [-0.25, -0.2) is 9.59 Å². The summed E-state index contributed by atoms with van der Waals surface area (Å²) in [4.78, 5) is 36.6. The van der Waals surface area contributed by atoms with E-state index in [2.05, 4.69) is 13.2 Å². The quantitative estimate of drug-likeness (QED) is 0.0917. The Morgan fingerprint density at radius 3 is 1.81 bits per heavy atom. The molecule has 0 atom stereocenters. The van der Waals surface area contributed by atoms with Gasteiger partial charge in [0.15, 0.2) is 0 Å². The van der Waals surface area contributed by atoms with Crippen molar-refractivity contribution in [1.82, 2.24) is 0 Å². The Bertz CT molecular complexity index is 725. The van der Waals surface area contributed by atoms with Gasteiger partial charge in [-0.05, 0) is 33.1 Å². The van der Waals surface area contributed by atoms with Gasteiger partial charge < -0.3 is 17.1 Å². The molecule has 0 aromatic heterocycles. The molecule has 0 aliphatic heterocycles. The monoisotopic (exact) mass is 490 g/mol. The van der Waals surface area contributed by atoms with Gasteiger partial charge in [0, 0.05) is 11.1 Å². The third-order valence-corrected chi connectivity index (χ3v) is 4.93. The van der Waals surface area contributed by atoms with Gasteiger partial charge in [-0.15, -0.1) is 0 Å². The number of hydrogen-bond donors (Lipinski definition) is 1. The first-order valence-corrected chi connectivity index (χ1v) is 11.2. The molecule has 0 spiro atoms. The minimum Gasteiger partial charge on any atom is -1.00 e. The Hall–Kier alpha value is -0.940.